The van der Waals surface area contributed by atoms with Crippen molar-refractivity contribution in [3.63, 3.8) is 0 Å². The predicted molar refractivity (Wildman–Crippen MR) is 128 cm³/mol. The van der Waals surface area contributed by atoms with Crippen LogP contribution in [0.15, 0.2) is 48.6 Å². The van der Waals surface area contributed by atoms with E-state index in [0.29, 0.717) is 12.2 Å². The van der Waals surface area contributed by atoms with E-state index in [-0.39, 0.29) is 17.9 Å². The Bertz CT molecular complexity index is 743. The number of carbonyl (C=O) groups is 1. The van der Waals surface area contributed by atoms with E-state index in [1.54, 1.807) is 0 Å². The molecule has 0 fully saturated rings. The molecule has 0 atom stereocenters. The van der Waals surface area contributed by atoms with Gasteiger partial charge in [0, 0.05) is 8.07 Å². The zero-order valence-corrected chi connectivity index (χ0v) is 20.9. The predicted octanol–water partition coefficient (Wildman–Crippen LogP) is 5.31. The molecule has 0 spiro atoms. The summed E-state index contributed by atoms with van der Waals surface area (Å²) in [5.41, 5.74) is 1.85. The summed E-state index contributed by atoms with van der Waals surface area (Å²) in [7, 11) is -2.90. The second-order valence-electron chi connectivity index (χ2n) is 10.5. The van der Waals surface area contributed by atoms with E-state index in [2.05, 4.69) is 94.4 Å². The quantitative estimate of drug-likeness (QED) is 0.468. The molecule has 0 aromatic heterocycles. The number of carbonyl (C=O) groups excluding carboxylic acids is 1. The van der Waals surface area contributed by atoms with Gasteiger partial charge in [0.1, 0.15) is 8.24 Å². The van der Waals surface area contributed by atoms with Crippen LogP contribution < -0.4 is 5.46 Å². The Balaban J connectivity index is 2.14. The number of hydrogen-bond donors (Lipinski definition) is 0. The fraction of sp³-hybridized carbons (Fsp3) is 0.500. The summed E-state index contributed by atoms with van der Waals surface area (Å²) in [6.07, 6.45) is 6.48. The molecular weight excluding hydrogens is 377 g/mol. The minimum atomic E-state index is -1.71. The molecule has 1 aliphatic rings. The summed E-state index contributed by atoms with van der Waals surface area (Å²) >= 11 is 0. The van der Waals surface area contributed by atoms with Crippen LogP contribution in [0.2, 0.25) is 43.8 Å². The van der Waals surface area contributed by atoms with Crippen molar-refractivity contribution < 1.29 is 9.53 Å². The van der Waals surface area contributed by atoms with Crippen LogP contribution in [0, 0.1) is 0 Å². The van der Waals surface area contributed by atoms with Gasteiger partial charge in [-0.05, 0) is 35.5 Å². The van der Waals surface area contributed by atoms with Crippen molar-refractivity contribution in [1.82, 2.24) is 4.48 Å². The number of nitrogens with zero attached hydrogens (tertiary/aromatic N) is 1. The average Bonchev–Trinajstić information content (AvgIpc) is 2.59. The molecule has 6 heteroatoms. The molecular formula is C22H36BNO2Si2. The maximum atomic E-state index is 12.3. The number of rotatable bonds is 6. The molecule has 0 saturated heterocycles. The average molecular weight is 414 g/mol. The van der Waals surface area contributed by atoms with E-state index in [1.807, 2.05) is 12.1 Å². The Morgan fingerprint density at radius 1 is 1.04 bits per heavy atom. The number of hydrogen-bond acceptors (Lipinski definition) is 3. The molecule has 3 nitrogen and oxygen atoms in total. The van der Waals surface area contributed by atoms with E-state index < -0.39 is 16.3 Å². The van der Waals surface area contributed by atoms with E-state index in [9.17, 15) is 4.79 Å². The molecule has 2 rings (SSSR count). The topological polar surface area (TPSA) is 29.5 Å². The molecule has 1 heterocycles. The summed E-state index contributed by atoms with van der Waals surface area (Å²) in [6.45, 7) is 19.4. The molecule has 1 aliphatic heterocycles. The normalized spacial score (nSPS) is 15.1. The highest BCUT2D eigenvalue weighted by molar-refractivity contribution is 6.92. The van der Waals surface area contributed by atoms with Crippen LogP contribution in [0.3, 0.4) is 0 Å². The minimum Gasteiger partial charge on any atom is -0.462 e. The maximum Gasteiger partial charge on any atom is 0.338 e. The third-order valence-electron chi connectivity index (χ3n) is 6.00. The number of allylic oxidation sites excluding steroid dienone is 2. The van der Waals surface area contributed by atoms with Gasteiger partial charge in [-0.15, -0.1) is 0 Å². The summed E-state index contributed by atoms with van der Waals surface area (Å²) in [5.74, 6) is 2.03. The van der Waals surface area contributed by atoms with Gasteiger partial charge in [0.2, 0.25) is 0 Å². The molecule has 0 bridgehead atoms. The van der Waals surface area contributed by atoms with Crippen molar-refractivity contribution in [3.05, 3.63) is 54.2 Å². The van der Waals surface area contributed by atoms with E-state index >= 15 is 0 Å². The Hall–Kier alpha value is -1.53. The first-order chi connectivity index (χ1) is 12.8. The van der Waals surface area contributed by atoms with Crippen LogP contribution in [0.25, 0.3) is 0 Å². The van der Waals surface area contributed by atoms with Crippen LogP contribution in [0.5, 0.6) is 0 Å². The fourth-order valence-electron chi connectivity index (χ4n) is 3.04. The third-order valence-corrected chi connectivity index (χ3v) is 13.1. The molecule has 0 radical (unpaired) electrons. The van der Waals surface area contributed by atoms with Crippen molar-refractivity contribution >= 4 is 34.6 Å². The Morgan fingerprint density at radius 3 is 2.18 bits per heavy atom. The largest absolute Gasteiger partial charge is 0.462 e. The number of ether oxygens (including phenoxy) is 1. The highest BCUT2D eigenvalue weighted by Crippen LogP contribution is 2.39. The fourth-order valence-corrected chi connectivity index (χ4v) is 5.92. The first-order valence-electron chi connectivity index (χ1n) is 10.2. The van der Waals surface area contributed by atoms with Gasteiger partial charge in [-0.25, -0.2) is 4.79 Å². The Kier molecular flexibility index (Phi) is 6.87. The van der Waals surface area contributed by atoms with Crippen LogP contribution in [0.1, 0.15) is 31.1 Å². The van der Waals surface area contributed by atoms with Crippen molar-refractivity contribution in [2.24, 2.45) is 0 Å². The molecule has 0 saturated carbocycles. The van der Waals surface area contributed by atoms with Gasteiger partial charge >= 0.3 is 12.8 Å². The van der Waals surface area contributed by atoms with Crippen LogP contribution in [-0.4, -0.2) is 40.2 Å². The molecule has 0 unspecified atom stereocenters. The number of benzene rings is 1. The van der Waals surface area contributed by atoms with Crippen LogP contribution in [-0.2, 0) is 4.74 Å². The summed E-state index contributed by atoms with van der Waals surface area (Å²) < 4.78 is 8.03. The smallest absolute Gasteiger partial charge is 0.338 e. The van der Waals surface area contributed by atoms with Gasteiger partial charge in [-0.3, -0.25) is 0 Å². The van der Waals surface area contributed by atoms with Gasteiger partial charge in [-0.2, -0.15) is 0 Å². The minimum absolute atomic E-state index is 0.211. The summed E-state index contributed by atoms with van der Waals surface area (Å²) in [4.78, 5) is 12.3. The van der Waals surface area contributed by atoms with Crippen molar-refractivity contribution in [2.75, 3.05) is 6.61 Å². The Labute approximate surface area is 174 Å². The molecule has 28 heavy (non-hydrogen) atoms. The lowest BCUT2D eigenvalue weighted by Gasteiger charge is -2.49. The monoisotopic (exact) mass is 413 g/mol. The highest BCUT2D eigenvalue weighted by atomic mass is 28.3. The second kappa shape index (κ2) is 8.45. The van der Waals surface area contributed by atoms with Crippen LogP contribution >= 0.6 is 0 Å². The SMILES string of the molecule is CC(C)(C)[Si](C)(C)N1C=CC=CB1c1ccc(C(=O)OCC[Si](C)(C)C)cc1. The number of esters is 1. The van der Waals surface area contributed by atoms with Crippen molar-refractivity contribution in [3.8, 4) is 0 Å². The third kappa shape index (κ3) is 5.51. The summed E-state index contributed by atoms with van der Waals surface area (Å²) in [6, 6.07) is 8.95. The molecule has 1 aromatic carbocycles. The lowest BCUT2D eigenvalue weighted by molar-refractivity contribution is 0.0525. The zero-order chi connectivity index (χ0) is 21.2. The molecule has 152 valence electrons. The first kappa shape index (κ1) is 22.8. The van der Waals surface area contributed by atoms with Crippen LogP contribution in [0.4, 0.5) is 0 Å². The lowest BCUT2D eigenvalue weighted by atomic mass is 9.55. The van der Waals surface area contributed by atoms with Gasteiger partial charge in [0.25, 0.3) is 0 Å². The summed E-state index contributed by atoms with van der Waals surface area (Å²) in [5, 5.41) is 0.251. The first-order valence-corrected chi connectivity index (χ1v) is 16.9. The maximum absolute atomic E-state index is 12.3. The van der Waals surface area contributed by atoms with Gasteiger partial charge < -0.3 is 9.21 Å². The van der Waals surface area contributed by atoms with E-state index in [4.69, 9.17) is 4.74 Å². The van der Waals surface area contributed by atoms with Crippen molar-refractivity contribution in [2.45, 2.75) is 64.6 Å². The van der Waals surface area contributed by atoms with E-state index in [0.717, 1.165) is 6.04 Å². The highest BCUT2D eigenvalue weighted by Gasteiger charge is 2.43. The molecule has 0 aliphatic carbocycles. The van der Waals surface area contributed by atoms with Gasteiger partial charge in [0.15, 0.2) is 0 Å². The van der Waals surface area contributed by atoms with Crippen molar-refractivity contribution in [1.29, 1.82) is 0 Å². The molecule has 0 amide bonds. The molecule has 0 N–H and O–H groups in total. The van der Waals surface area contributed by atoms with E-state index in [1.165, 1.54) is 5.46 Å². The molecule has 1 aromatic rings. The standard InChI is InChI=1S/C22H36BNO2Si2/c1-22(2,3)28(7,8)24-16-10-9-15-23(24)20-13-11-19(12-14-20)21(25)26-17-18-27(4,5)6/h9-16H,17-18H2,1-8H3. The van der Waals surface area contributed by atoms with Gasteiger partial charge in [0.05, 0.1) is 12.2 Å². The zero-order valence-electron chi connectivity index (χ0n) is 18.9. The van der Waals surface area contributed by atoms with Gasteiger partial charge in [-0.1, -0.05) is 83.2 Å². The Morgan fingerprint density at radius 2 is 1.64 bits per heavy atom. The lowest BCUT2D eigenvalue weighted by Crippen LogP contribution is -2.61. The second-order valence-corrected chi connectivity index (χ2v) is 21.2.